The molecule has 1 heterocycles. The van der Waals surface area contributed by atoms with Crippen molar-refractivity contribution >= 4 is 11.9 Å². The Balaban J connectivity index is 2.17. The molecule has 0 bridgehead atoms. The lowest BCUT2D eigenvalue weighted by molar-refractivity contribution is 0.0596. The summed E-state index contributed by atoms with van der Waals surface area (Å²) in [4.78, 5) is 25.9. The monoisotopic (exact) mass is 316 g/mol. The van der Waals surface area contributed by atoms with Gasteiger partial charge in [-0.25, -0.2) is 4.79 Å². The Kier molecular flexibility index (Phi) is 5.46. The third kappa shape index (κ3) is 4.15. The molecule has 122 valence electrons. The number of amides is 1. The molecule has 1 aromatic carbocycles. The molecular formula is C16H20N4O3. The smallest absolute Gasteiger partial charge is 0.338 e. The average molecular weight is 316 g/mol. The Hall–Kier alpha value is -2.70. The van der Waals surface area contributed by atoms with Gasteiger partial charge in [0.2, 0.25) is 0 Å². The number of nitrogens with zero attached hydrogens (tertiary/aromatic N) is 3. The lowest BCUT2D eigenvalue weighted by atomic mass is 10.0. The van der Waals surface area contributed by atoms with E-state index in [2.05, 4.69) is 15.5 Å². The average Bonchev–Trinajstić information content (AvgIpc) is 3.06. The number of benzene rings is 1. The van der Waals surface area contributed by atoms with E-state index in [1.165, 1.54) is 11.9 Å². The number of carbonyl (C=O) groups is 2. The Morgan fingerprint density at radius 2 is 1.78 bits per heavy atom. The molecule has 0 aliphatic rings. The number of methoxy groups -OCH3 is 1. The minimum absolute atomic E-state index is 0.166. The molecular weight excluding hydrogens is 296 g/mol. The fourth-order valence-corrected chi connectivity index (χ4v) is 2.15. The second-order valence-electron chi connectivity index (χ2n) is 5.45. The number of carbonyl (C=O) groups excluding carboxylic acids is 2. The molecule has 2 aromatic rings. The van der Waals surface area contributed by atoms with Crippen LogP contribution in [-0.2, 0) is 11.3 Å². The maximum atomic E-state index is 12.6. The first kappa shape index (κ1) is 16.7. The van der Waals surface area contributed by atoms with Gasteiger partial charge in [0.05, 0.1) is 43.2 Å². The van der Waals surface area contributed by atoms with E-state index in [1.807, 2.05) is 13.8 Å². The second kappa shape index (κ2) is 7.53. The van der Waals surface area contributed by atoms with Gasteiger partial charge < -0.3 is 10.1 Å². The van der Waals surface area contributed by atoms with Gasteiger partial charge in [-0.3, -0.25) is 4.79 Å². The molecule has 1 N–H and O–H groups in total. The zero-order valence-corrected chi connectivity index (χ0v) is 13.4. The summed E-state index contributed by atoms with van der Waals surface area (Å²) >= 11 is 0. The fraction of sp³-hybridized carbons (Fsp3) is 0.375. The van der Waals surface area contributed by atoms with E-state index in [0.29, 0.717) is 12.1 Å². The van der Waals surface area contributed by atoms with Gasteiger partial charge >= 0.3 is 5.97 Å². The number of esters is 1. The van der Waals surface area contributed by atoms with Gasteiger partial charge in [0.1, 0.15) is 0 Å². The third-order valence-electron chi connectivity index (χ3n) is 3.52. The zero-order chi connectivity index (χ0) is 16.8. The van der Waals surface area contributed by atoms with Gasteiger partial charge in [-0.15, -0.1) is 0 Å². The standard InChI is InChI=1S/C16H20N4O3/c1-11(2)14(10-20-17-8-9-18-20)19-15(21)12-6-4-5-7-13(12)16(22)23-3/h4-9,11,14H,10H2,1-3H3,(H,19,21). The van der Waals surface area contributed by atoms with E-state index < -0.39 is 5.97 Å². The first-order valence-electron chi connectivity index (χ1n) is 7.35. The van der Waals surface area contributed by atoms with Crippen molar-refractivity contribution in [2.75, 3.05) is 7.11 Å². The van der Waals surface area contributed by atoms with E-state index in [-0.39, 0.29) is 23.4 Å². The molecule has 2 rings (SSSR count). The largest absolute Gasteiger partial charge is 0.465 e. The van der Waals surface area contributed by atoms with Crippen molar-refractivity contribution < 1.29 is 14.3 Å². The molecule has 7 nitrogen and oxygen atoms in total. The molecule has 0 saturated heterocycles. The van der Waals surface area contributed by atoms with Crippen LogP contribution in [0.25, 0.3) is 0 Å². The number of ether oxygens (including phenoxy) is 1. The maximum Gasteiger partial charge on any atom is 0.338 e. The highest BCUT2D eigenvalue weighted by Gasteiger charge is 2.22. The Morgan fingerprint density at radius 3 is 2.35 bits per heavy atom. The van der Waals surface area contributed by atoms with Crippen molar-refractivity contribution in [2.45, 2.75) is 26.4 Å². The lowest BCUT2D eigenvalue weighted by Gasteiger charge is -2.22. The predicted octanol–water partition coefficient (Wildman–Crippen LogP) is 1.52. The Labute approximate surface area is 134 Å². The molecule has 0 spiro atoms. The summed E-state index contributed by atoms with van der Waals surface area (Å²) < 4.78 is 4.72. The van der Waals surface area contributed by atoms with Crippen LogP contribution in [0.3, 0.4) is 0 Å². The normalized spacial score (nSPS) is 12.0. The highest BCUT2D eigenvalue weighted by atomic mass is 16.5. The van der Waals surface area contributed by atoms with Crippen LogP contribution in [0.15, 0.2) is 36.7 Å². The van der Waals surface area contributed by atoms with Crippen LogP contribution < -0.4 is 5.32 Å². The topological polar surface area (TPSA) is 86.1 Å². The zero-order valence-electron chi connectivity index (χ0n) is 13.4. The van der Waals surface area contributed by atoms with E-state index in [9.17, 15) is 9.59 Å². The minimum Gasteiger partial charge on any atom is -0.465 e. The van der Waals surface area contributed by atoms with Crippen LogP contribution in [0.4, 0.5) is 0 Å². The van der Waals surface area contributed by atoms with E-state index in [4.69, 9.17) is 4.74 Å². The van der Waals surface area contributed by atoms with E-state index in [1.54, 1.807) is 36.7 Å². The molecule has 7 heteroatoms. The Morgan fingerprint density at radius 1 is 1.17 bits per heavy atom. The van der Waals surface area contributed by atoms with Crippen LogP contribution in [0.5, 0.6) is 0 Å². The van der Waals surface area contributed by atoms with Crippen LogP contribution in [0.2, 0.25) is 0 Å². The Bertz CT molecular complexity index is 668. The molecule has 23 heavy (non-hydrogen) atoms. The molecule has 1 amide bonds. The summed E-state index contributed by atoms with van der Waals surface area (Å²) in [6.45, 7) is 4.46. The number of nitrogens with one attached hydrogen (secondary N) is 1. The summed E-state index contributed by atoms with van der Waals surface area (Å²) in [6, 6.07) is 6.41. The maximum absolute atomic E-state index is 12.6. The van der Waals surface area contributed by atoms with Gasteiger partial charge in [0, 0.05) is 0 Å². The summed E-state index contributed by atoms with van der Waals surface area (Å²) in [7, 11) is 1.29. The minimum atomic E-state index is -0.536. The molecule has 0 fully saturated rings. The van der Waals surface area contributed by atoms with Crippen molar-refractivity contribution in [2.24, 2.45) is 5.92 Å². The molecule has 0 saturated carbocycles. The van der Waals surface area contributed by atoms with Crippen molar-refractivity contribution in [3.63, 3.8) is 0 Å². The van der Waals surface area contributed by atoms with Gasteiger partial charge in [0.15, 0.2) is 0 Å². The molecule has 1 aromatic heterocycles. The van der Waals surface area contributed by atoms with Crippen molar-refractivity contribution in [1.29, 1.82) is 0 Å². The number of aromatic nitrogens is 3. The van der Waals surface area contributed by atoms with E-state index >= 15 is 0 Å². The molecule has 1 unspecified atom stereocenters. The highest BCUT2D eigenvalue weighted by molar-refractivity contribution is 6.05. The predicted molar refractivity (Wildman–Crippen MR) is 83.9 cm³/mol. The molecule has 1 atom stereocenters. The van der Waals surface area contributed by atoms with Crippen molar-refractivity contribution in [1.82, 2.24) is 20.3 Å². The molecule has 0 aliphatic heterocycles. The molecule has 0 radical (unpaired) electrons. The van der Waals surface area contributed by atoms with Crippen LogP contribution in [0.1, 0.15) is 34.6 Å². The van der Waals surface area contributed by atoms with Gasteiger partial charge in [-0.1, -0.05) is 26.0 Å². The van der Waals surface area contributed by atoms with Gasteiger partial charge in [-0.05, 0) is 18.1 Å². The number of hydrogen-bond donors (Lipinski definition) is 1. The van der Waals surface area contributed by atoms with Gasteiger partial charge in [-0.2, -0.15) is 15.0 Å². The van der Waals surface area contributed by atoms with Crippen LogP contribution in [0, 0.1) is 5.92 Å². The summed E-state index contributed by atoms with van der Waals surface area (Å²) in [6.07, 6.45) is 3.18. The summed E-state index contributed by atoms with van der Waals surface area (Å²) in [5.41, 5.74) is 0.533. The van der Waals surface area contributed by atoms with Gasteiger partial charge in [0.25, 0.3) is 5.91 Å². The second-order valence-corrected chi connectivity index (χ2v) is 5.45. The highest BCUT2D eigenvalue weighted by Crippen LogP contribution is 2.12. The first-order chi connectivity index (χ1) is 11.0. The third-order valence-corrected chi connectivity index (χ3v) is 3.52. The number of rotatable bonds is 6. The quantitative estimate of drug-likeness (QED) is 0.817. The SMILES string of the molecule is COC(=O)c1ccccc1C(=O)NC(Cn1nccn1)C(C)C. The van der Waals surface area contributed by atoms with Crippen molar-refractivity contribution in [3.8, 4) is 0 Å². The fourth-order valence-electron chi connectivity index (χ4n) is 2.15. The molecule has 0 aliphatic carbocycles. The number of hydrogen-bond acceptors (Lipinski definition) is 5. The summed E-state index contributed by atoms with van der Waals surface area (Å²) in [5.74, 6) is -0.683. The van der Waals surface area contributed by atoms with Crippen LogP contribution >= 0.6 is 0 Å². The van der Waals surface area contributed by atoms with Crippen molar-refractivity contribution in [3.05, 3.63) is 47.8 Å². The van der Waals surface area contributed by atoms with Crippen LogP contribution in [-0.4, -0.2) is 40.0 Å². The first-order valence-corrected chi connectivity index (χ1v) is 7.35. The van der Waals surface area contributed by atoms with E-state index in [0.717, 1.165) is 0 Å². The summed E-state index contributed by atoms with van der Waals surface area (Å²) in [5, 5.41) is 11.1. The lowest BCUT2D eigenvalue weighted by Crippen LogP contribution is -2.42.